The molecule has 1 aliphatic carbocycles. The first-order valence-corrected chi connectivity index (χ1v) is 11.7. The molecule has 1 fully saturated rings. The van der Waals surface area contributed by atoms with Gasteiger partial charge in [-0.05, 0) is 67.0 Å². The van der Waals surface area contributed by atoms with Crippen LogP contribution in [0, 0.1) is 17.8 Å². The number of para-hydroxylation sites is 2. The molecule has 32 heavy (non-hydrogen) atoms. The molecule has 6 heteroatoms. The van der Waals surface area contributed by atoms with Gasteiger partial charge in [0.1, 0.15) is 6.10 Å². The predicted octanol–water partition coefficient (Wildman–Crippen LogP) is 2.79. The number of rotatable bonds is 5. The lowest BCUT2D eigenvalue weighted by Gasteiger charge is -2.36. The van der Waals surface area contributed by atoms with Crippen molar-refractivity contribution in [2.75, 3.05) is 0 Å². The monoisotopic (exact) mass is 566 g/mol. The summed E-state index contributed by atoms with van der Waals surface area (Å²) < 4.78 is 10.3. The summed E-state index contributed by atoms with van der Waals surface area (Å²) in [6.07, 6.45) is 3.31. The van der Waals surface area contributed by atoms with Gasteiger partial charge in [-0.15, -0.1) is 0 Å². The van der Waals surface area contributed by atoms with E-state index < -0.39 is 0 Å². The van der Waals surface area contributed by atoms with E-state index in [2.05, 4.69) is 42.0 Å². The maximum absolute atomic E-state index is 13.2. The molecule has 2 aromatic carbocycles. The number of carbonyl (C=O) groups excluding carboxylic acids is 1. The number of ether oxygens (including phenoxy) is 1. The van der Waals surface area contributed by atoms with E-state index in [-0.39, 0.29) is 42.6 Å². The molecule has 0 N–H and O–H groups in total. The fourth-order valence-corrected chi connectivity index (χ4v) is 5.21. The summed E-state index contributed by atoms with van der Waals surface area (Å²) in [6.45, 7) is 6.92. The molecule has 4 rings (SSSR count). The van der Waals surface area contributed by atoms with Crippen LogP contribution in [0.1, 0.15) is 40.0 Å². The number of hydrogen-bond acceptors (Lipinski definition) is 2. The summed E-state index contributed by atoms with van der Waals surface area (Å²) in [5, 5.41) is 0.694. The van der Waals surface area contributed by atoms with Crippen molar-refractivity contribution in [1.82, 2.24) is 4.57 Å². The molecule has 0 radical (unpaired) electrons. The minimum Gasteiger partial charge on any atom is -1.00 e. The van der Waals surface area contributed by atoms with Crippen molar-refractivity contribution in [2.24, 2.45) is 24.8 Å². The van der Waals surface area contributed by atoms with Crippen molar-refractivity contribution in [1.29, 1.82) is 0 Å². The Bertz CT molecular complexity index is 1080. The molecule has 3 atom stereocenters. The summed E-state index contributed by atoms with van der Waals surface area (Å²) in [4.78, 5) is 13.2. The summed E-state index contributed by atoms with van der Waals surface area (Å²) >= 11 is 6.11. The van der Waals surface area contributed by atoms with Gasteiger partial charge in [-0.25, -0.2) is 13.9 Å². The average molecular weight is 567 g/mol. The maximum atomic E-state index is 13.2. The van der Waals surface area contributed by atoms with E-state index in [1.165, 1.54) is 6.42 Å². The second-order valence-electron chi connectivity index (χ2n) is 9.32. The Morgan fingerprint density at radius 1 is 1.16 bits per heavy atom. The summed E-state index contributed by atoms with van der Waals surface area (Å²) in [7, 11) is 2.03. The lowest BCUT2D eigenvalue weighted by atomic mass is 9.75. The molecule has 0 aliphatic heterocycles. The summed E-state index contributed by atoms with van der Waals surface area (Å²) in [5.41, 5.74) is 3.11. The highest BCUT2D eigenvalue weighted by Crippen LogP contribution is 2.35. The lowest BCUT2D eigenvalue weighted by Crippen LogP contribution is -3.00. The van der Waals surface area contributed by atoms with E-state index in [0.717, 1.165) is 35.3 Å². The SMILES string of the molecule is CC(C)[C@@H]1CC[C@@H](C)CC1OC(=O)Cn1c(-c2ccc(Cl)cc2)[n+](C)c2ccccc21.[I-]. The number of carbonyl (C=O) groups is 1. The van der Waals surface area contributed by atoms with Crippen LogP contribution < -0.4 is 28.5 Å². The van der Waals surface area contributed by atoms with Gasteiger partial charge in [0, 0.05) is 5.02 Å². The van der Waals surface area contributed by atoms with Gasteiger partial charge >= 0.3 is 5.97 Å². The van der Waals surface area contributed by atoms with Crippen LogP contribution in [-0.4, -0.2) is 16.6 Å². The topological polar surface area (TPSA) is 35.1 Å². The number of nitrogens with zero attached hydrogens (tertiary/aromatic N) is 2. The van der Waals surface area contributed by atoms with Crippen LogP contribution in [-0.2, 0) is 23.1 Å². The molecule has 1 unspecified atom stereocenters. The van der Waals surface area contributed by atoms with Crippen molar-refractivity contribution >= 4 is 28.6 Å². The van der Waals surface area contributed by atoms with E-state index in [1.54, 1.807) is 0 Å². The average Bonchev–Trinajstić information content (AvgIpc) is 3.00. The maximum Gasteiger partial charge on any atom is 0.348 e. The standard InChI is InChI=1S/C26H32ClN2O2.HI/c1-17(2)21-14-9-18(3)15-24(21)31-25(30)16-29-23-8-6-5-7-22(23)28(4)26(29)19-10-12-20(27)13-11-19;/h5-8,10-13,17-18,21,24H,9,14-16H2,1-4H3;1H/q+1;/p-1/t18-,21+,24?;/m1./s1. The zero-order chi connectivity index (χ0) is 22.1. The molecule has 3 aromatic rings. The van der Waals surface area contributed by atoms with Crippen LogP contribution in [0.2, 0.25) is 5.02 Å². The van der Waals surface area contributed by atoms with Crippen LogP contribution >= 0.6 is 11.6 Å². The molecule has 0 spiro atoms. The number of aryl methyl sites for hydroxylation is 1. The van der Waals surface area contributed by atoms with Gasteiger partial charge in [0.25, 0.3) is 5.82 Å². The second-order valence-corrected chi connectivity index (χ2v) is 9.76. The Hall–Kier alpha value is -1.60. The van der Waals surface area contributed by atoms with Crippen LogP contribution in [0.3, 0.4) is 0 Å². The van der Waals surface area contributed by atoms with Crippen LogP contribution in [0.4, 0.5) is 0 Å². The molecule has 1 aromatic heterocycles. The zero-order valence-corrected chi connectivity index (χ0v) is 22.1. The van der Waals surface area contributed by atoms with Crippen molar-refractivity contribution in [2.45, 2.75) is 52.7 Å². The molecule has 1 heterocycles. The number of benzene rings is 2. The number of imidazole rings is 1. The van der Waals surface area contributed by atoms with Gasteiger partial charge in [-0.2, -0.15) is 0 Å². The molecule has 0 bridgehead atoms. The largest absolute Gasteiger partial charge is 1.00 e. The molecule has 4 nitrogen and oxygen atoms in total. The van der Waals surface area contributed by atoms with E-state index >= 15 is 0 Å². The van der Waals surface area contributed by atoms with E-state index in [4.69, 9.17) is 16.3 Å². The van der Waals surface area contributed by atoms with Crippen LogP contribution in [0.25, 0.3) is 22.4 Å². The molecule has 172 valence electrons. The lowest BCUT2D eigenvalue weighted by molar-refractivity contribution is -0.634. The first kappa shape index (κ1) is 25.0. The number of esters is 1. The van der Waals surface area contributed by atoms with E-state index in [0.29, 0.717) is 22.8 Å². The quantitative estimate of drug-likeness (QED) is 0.271. The van der Waals surface area contributed by atoms with Gasteiger partial charge in [0.15, 0.2) is 17.6 Å². The Morgan fingerprint density at radius 2 is 1.84 bits per heavy atom. The third kappa shape index (κ3) is 5.14. The highest BCUT2D eigenvalue weighted by molar-refractivity contribution is 6.30. The number of halogens is 2. The van der Waals surface area contributed by atoms with Gasteiger partial charge in [-0.1, -0.05) is 50.9 Å². The van der Waals surface area contributed by atoms with Crippen molar-refractivity contribution in [3.8, 4) is 11.4 Å². The molecule has 1 aliphatic rings. The predicted molar refractivity (Wildman–Crippen MR) is 125 cm³/mol. The molecular weight excluding hydrogens is 535 g/mol. The van der Waals surface area contributed by atoms with Gasteiger partial charge in [0.05, 0.1) is 12.6 Å². The Kier molecular flexibility index (Phi) is 8.26. The summed E-state index contributed by atoms with van der Waals surface area (Å²) in [6, 6.07) is 15.9. The highest BCUT2D eigenvalue weighted by atomic mass is 127. The van der Waals surface area contributed by atoms with Gasteiger partial charge in [0.2, 0.25) is 0 Å². The number of hydrogen-bond donors (Lipinski definition) is 0. The number of fused-ring (bicyclic) bond motifs is 1. The van der Waals surface area contributed by atoms with Crippen LogP contribution in [0.5, 0.6) is 0 Å². The Morgan fingerprint density at radius 3 is 2.53 bits per heavy atom. The first-order valence-electron chi connectivity index (χ1n) is 11.3. The zero-order valence-electron chi connectivity index (χ0n) is 19.2. The molecule has 0 amide bonds. The summed E-state index contributed by atoms with van der Waals surface area (Å²) in [5.74, 6) is 2.35. The fraction of sp³-hybridized carbons (Fsp3) is 0.462. The molecule has 1 saturated carbocycles. The van der Waals surface area contributed by atoms with Crippen molar-refractivity contribution in [3.05, 3.63) is 53.6 Å². The van der Waals surface area contributed by atoms with Crippen molar-refractivity contribution < 1.29 is 38.1 Å². The molecule has 0 saturated heterocycles. The third-order valence-electron chi connectivity index (χ3n) is 6.74. The minimum atomic E-state index is -0.165. The fourth-order valence-electron chi connectivity index (χ4n) is 5.08. The van der Waals surface area contributed by atoms with E-state index in [1.807, 2.05) is 43.4 Å². The molecular formula is C26H32ClIN2O2. The third-order valence-corrected chi connectivity index (χ3v) is 6.99. The van der Waals surface area contributed by atoms with E-state index in [9.17, 15) is 4.79 Å². The smallest absolute Gasteiger partial charge is 0.348 e. The minimum absolute atomic E-state index is 0. The Labute approximate surface area is 212 Å². The normalized spacial score (nSPS) is 20.9. The number of aromatic nitrogens is 2. The van der Waals surface area contributed by atoms with Gasteiger partial charge in [-0.3, -0.25) is 0 Å². The highest BCUT2D eigenvalue weighted by Gasteiger charge is 2.34. The van der Waals surface area contributed by atoms with Crippen molar-refractivity contribution in [3.63, 3.8) is 0 Å². The second kappa shape index (κ2) is 10.6. The van der Waals surface area contributed by atoms with Gasteiger partial charge < -0.3 is 28.7 Å². The Balaban J connectivity index is 0.00000289. The van der Waals surface area contributed by atoms with Crippen LogP contribution in [0.15, 0.2) is 48.5 Å². The first-order chi connectivity index (χ1) is 14.8.